The van der Waals surface area contributed by atoms with E-state index in [0.29, 0.717) is 26.2 Å². The molecule has 1 saturated carbocycles. The fourth-order valence-electron chi connectivity index (χ4n) is 4.27. The van der Waals surface area contributed by atoms with E-state index in [0.717, 1.165) is 18.9 Å². The fraction of sp³-hybridized carbons (Fsp3) is 0.375. The summed E-state index contributed by atoms with van der Waals surface area (Å²) in [7, 11) is 0. The van der Waals surface area contributed by atoms with Crippen molar-refractivity contribution in [1.82, 2.24) is 20.2 Å². The molecule has 1 amide bonds. The Morgan fingerprint density at radius 1 is 1.09 bits per heavy atom. The maximum absolute atomic E-state index is 15.0. The molecule has 1 aliphatic carbocycles. The van der Waals surface area contributed by atoms with Crippen molar-refractivity contribution in [3.8, 4) is 0 Å². The van der Waals surface area contributed by atoms with Gasteiger partial charge in [-0.25, -0.2) is 22.5 Å². The number of carbonyl (C=O) groups excluding carboxylic acids is 1. The van der Waals surface area contributed by atoms with Gasteiger partial charge >= 0.3 is 0 Å². The molecule has 0 bridgehead atoms. The lowest BCUT2D eigenvalue weighted by molar-refractivity contribution is 0.0946. The number of aromatic amines is 1. The lowest BCUT2D eigenvalue weighted by Crippen LogP contribution is -2.46. The van der Waals surface area contributed by atoms with E-state index in [4.69, 9.17) is 0 Å². The number of nitrogens with zero attached hydrogens (tertiary/aromatic N) is 3. The highest BCUT2D eigenvalue weighted by Crippen LogP contribution is 2.28. The van der Waals surface area contributed by atoms with Crippen molar-refractivity contribution in [2.45, 2.75) is 32.4 Å². The van der Waals surface area contributed by atoms with Gasteiger partial charge in [-0.05, 0) is 38.0 Å². The highest BCUT2D eigenvalue weighted by Gasteiger charge is 2.28. The molecule has 1 aliphatic heterocycles. The van der Waals surface area contributed by atoms with Gasteiger partial charge in [0, 0.05) is 44.3 Å². The third-order valence-electron chi connectivity index (χ3n) is 6.44. The first-order chi connectivity index (χ1) is 16.7. The first-order valence-corrected chi connectivity index (χ1v) is 11.4. The normalized spacial score (nSPS) is 16.7. The molecule has 1 aromatic heterocycles. The Labute approximate surface area is 197 Å². The molecule has 0 spiro atoms. The number of hydrogen-bond donors (Lipinski definition) is 2. The number of aryl methyl sites for hydroxylation is 1. The summed E-state index contributed by atoms with van der Waals surface area (Å²) < 4.78 is 58.9. The van der Waals surface area contributed by atoms with Crippen molar-refractivity contribution < 1.29 is 22.4 Å². The van der Waals surface area contributed by atoms with Crippen LogP contribution in [-0.2, 0) is 6.54 Å². The average Bonchev–Trinajstić information content (AvgIpc) is 3.65. The average molecular weight is 489 g/mol. The van der Waals surface area contributed by atoms with Crippen molar-refractivity contribution in [3.05, 3.63) is 68.6 Å². The monoisotopic (exact) mass is 489 g/mol. The van der Waals surface area contributed by atoms with Crippen LogP contribution in [0.5, 0.6) is 0 Å². The highest BCUT2D eigenvalue weighted by molar-refractivity contribution is 5.95. The van der Waals surface area contributed by atoms with Crippen molar-refractivity contribution in [2.24, 2.45) is 0 Å². The fourth-order valence-corrected chi connectivity index (χ4v) is 4.27. The molecule has 2 aliphatic rings. The Morgan fingerprint density at radius 2 is 1.80 bits per heavy atom. The Kier molecular flexibility index (Phi) is 5.96. The summed E-state index contributed by atoms with van der Waals surface area (Å²) in [4.78, 5) is 33.6. The number of fused-ring (bicyclic) bond motifs is 1. The van der Waals surface area contributed by atoms with Crippen LogP contribution in [0.3, 0.4) is 0 Å². The molecule has 2 heterocycles. The predicted molar refractivity (Wildman–Crippen MR) is 121 cm³/mol. The van der Waals surface area contributed by atoms with Crippen LogP contribution in [0, 0.1) is 30.2 Å². The van der Waals surface area contributed by atoms with E-state index in [1.165, 1.54) is 19.1 Å². The largest absolute Gasteiger partial charge is 0.367 e. The number of anilines is 1. The Bertz CT molecular complexity index is 1380. The van der Waals surface area contributed by atoms with E-state index >= 15 is 4.39 Å². The molecule has 184 valence electrons. The minimum Gasteiger partial charge on any atom is -0.367 e. The molecule has 2 N–H and O–H groups in total. The summed E-state index contributed by atoms with van der Waals surface area (Å²) in [5.74, 6) is -4.39. The van der Waals surface area contributed by atoms with Crippen molar-refractivity contribution in [2.75, 3.05) is 31.1 Å². The van der Waals surface area contributed by atoms with Crippen LogP contribution < -0.4 is 15.8 Å². The number of carbonyl (C=O) groups is 1. The molecule has 0 atom stereocenters. The Morgan fingerprint density at radius 3 is 2.49 bits per heavy atom. The second-order valence-electron chi connectivity index (χ2n) is 8.98. The third-order valence-corrected chi connectivity index (χ3v) is 6.44. The zero-order chi connectivity index (χ0) is 24.9. The van der Waals surface area contributed by atoms with E-state index in [2.05, 4.69) is 15.3 Å². The van der Waals surface area contributed by atoms with Crippen LogP contribution >= 0.6 is 0 Å². The zero-order valence-corrected chi connectivity index (χ0v) is 18.9. The van der Waals surface area contributed by atoms with Gasteiger partial charge in [0.15, 0.2) is 23.3 Å². The van der Waals surface area contributed by atoms with E-state index < -0.39 is 34.7 Å². The summed E-state index contributed by atoms with van der Waals surface area (Å²) >= 11 is 0. The minimum atomic E-state index is -1.19. The van der Waals surface area contributed by atoms with Crippen LogP contribution in [-0.4, -0.2) is 53.0 Å². The molecule has 0 unspecified atom stereocenters. The molecule has 11 heteroatoms. The number of nitrogens with one attached hydrogen (secondary N) is 2. The molecule has 35 heavy (non-hydrogen) atoms. The molecular weight excluding hydrogens is 466 g/mol. The molecule has 2 fully saturated rings. The van der Waals surface area contributed by atoms with Gasteiger partial charge in [-0.2, -0.15) is 0 Å². The molecule has 7 nitrogen and oxygen atoms in total. The van der Waals surface area contributed by atoms with Crippen LogP contribution in [0.15, 0.2) is 23.0 Å². The van der Waals surface area contributed by atoms with Crippen LogP contribution in [0.4, 0.5) is 23.2 Å². The van der Waals surface area contributed by atoms with Gasteiger partial charge in [0.1, 0.15) is 16.7 Å². The van der Waals surface area contributed by atoms with Gasteiger partial charge in [-0.1, -0.05) is 0 Å². The quantitative estimate of drug-likeness (QED) is 0.539. The number of aromatic nitrogens is 2. The van der Waals surface area contributed by atoms with E-state index in [-0.39, 0.29) is 46.1 Å². The standard InChI is InChI=1S/C24H23F4N5O2/c1-12-23(34)31-22-18(26)13(10-16(25)21(22)29-12)11-32-6-8-33(9-7-32)17-5-4-15(19(27)20(17)28)24(35)30-14-2-3-14/h4-5,10,14H,2-3,6-9,11H2,1H3,(H,30,35)(H,31,34). The molecule has 2 aromatic carbocycles. The van der Waals surface area contributed by atoms with Gasteiger partial charge in [-0.15, -0.1) is 0 Å². The number of amides is 1. The second-order valence-corrected chi connectivity index (χ2v) is 8.98. The maximum atomic E-state index is 15.0. The van der Waals surface area contributed by atoms with Gasteiger partial charge < -0.3 is 15.2 Å². The molecule has 5 rings (SSSR count). The smallest absolute Gasteiger partial charge is 0.269 e. The maximum Gasteiger partial charge on any atom is 0.269 e. The van der Waals surface area contributed by atoms with Crippen LogP contribution in [0.25, 0.3) is 11.0 Å². The van der Waals surface area contributed by atoms with E-state index in [9.17, 15) is 22.8 Å². The van der Waals surface area contributed by atoms with Gasteiger partial charge in [0.2, 0.25) is 0 Å². The molecule has 0 radical (unpaired) electrons. The molecule has 1 saturated heterocycles. The first kappa shape index (κ1) is 23.3. The second kappa shape index (κ2) is 8.95. The van der Waals surface area contributed by atoms with Gasteiger partial charge in [0.25, 0.3) is 11.5 Å². The van der Waals surface area contributed by atoms with Gasteiger partial charge in [-0.3, -0.25) is 14.5 Å². The van der Waals surface area contributed by atoms with Crippen molar-refractivity contribution in [1.29, 1.82) is 0 Å². The predicted octanol–water partition coefficient (Wildman–Crippen LogP) is 3.00. The Balaban J connectivity index is 1.29. The first-order valence-electron chi connectivity index (χ1n) is 11.4. The van der Waals surface area contributed by atoms with Crippen LogP contribution in [0.1, 0.15) is 34.5 Å². The lowest BCUT2D eigenvalue weighted by Gasteiger charge is -2.36. The molecular formula is C24H23F4N5O2. The number of H-pyrrole nitrogens is 1. The number of piperazine rings is 1. The van der Waals surface area contributed by atoms with Crippen molar-refractivity contribution in [3.63, 3.8) is 0 Å². The number of benzene rings is 2. The summed E-state index contributed by atoms with van der Waals surface area (Å²) in [6.45, 7) is 2.88. The zero-order valence-electron chi connectivity index (χ0n) is 18.9. The van der Waals surface area contributed by atoms with Gasteiger partial charge in [0.05, 0.1) is 11.3 Å². The number of rotatable bonds is 5. The minimum absolute atomic E-state index is 0.0271. The number of hydrogen-bond acceptors (Lipinski definition) is 5. The molecule has 3 aromatic rings. The number of halogens is 4. The topological polar surface area (TPSA) is 81.3 Å². The van der Waals surface area contributed by atoms with Crippen LogP contribution in [0.2, 0.25) is 0 Å². The highest BCUT2D eigenvalue weighted by atomic mass is 19.2. The van der Waals surface area contributed by atoms with E-state index in [1.54, 1.807) is 4.90 Å². The van der Waals surface area contributed by atoms with E-state index in [1.807, 2.05) is 4.90 Å². The summed E-state index contributed by atoms with van der Waals surface area (Å²) in [5, 5.41) is 2.64. The lowest BCUT2D eigenvalue weighted by atomic mass is 10.1. The van der Waals surface area contributed by atoms with Crippen molar-refractivity contribution >= 4 is 22.6 Å². The third kappa shape index (κ3) is 4.47. The summed E-state index contributed by atoms with van der Waals surface area (Å²) in [5.41, 5.74) is -1.28. The summed E-state index contributed by atoms with van der Waals surface area (Å²) in [6, 6.07) is 3.76. The summed E-state index contributed by atoms with van der Waals surface area (Å²) in [6.07, 6.45) is 1.67. The Hall–Kier alpha value is -3.47. The SMILES string of the molecule is Cc1nc2c(F)cc(CN3CCN(c4ccc(C(=O)NC5CC5)c(F)c4F)CC3)c(F)c2[nH]c1=O.